The summed E-state index contributed by atoms with van der Waals surface area (Å²) in [6.07, 6.45) is 0. The van der Waals surface area contributed by atoms with Crippen LogP contribution < -0.4 is 14.9 Å². The number of nitrogens with zero attached hydrogens (tertiary/aromatic N) is 1. The molecule has 1 amide bonds. The molecule has 0 saturated carbocycles. The minimum atomic E-state index is -0.599. The molecule has 6 heteroatoms. The molecular formula is C16H13FN2O3. The molecule has 0 radical (unpaired) electrons. The zero-order chi connectivity index (χ0) is 15.5. The predicted octanol–water partition coefficient (Wildman–Crippen LogP) is 2.71. The molecule has 22 heavy (non-hydrogen) atoms. The van der Waals surface area contributed by atoms with E-state index in [0.717, 1.165) is 5.56 Å². The smallest absolute Gasteiger partial charge is 0.274 e. The lowest BCUT2D eigenvalue weighted by atomic mass is 10.1. The Kier molecular flexibility index (Phi) is 3.74. The van der Waals surface area contributed by atoms with Gasteiger partial charge in [-0.1, -0.05) is 12.1 Å². The van der Waals surface area contributed by atoms with E-state index in [0.29, 0.717) is 17.2 Å². The number of carbonyl (C=O) groups is 1. The molecule has 0 atom stereocenters. The van der Waals surface area contributed by atoms with E-state index in [2.05, 4.69) is 10.5 Å². The minimum Gasteiger partial charge on any atom is -0.454 e. The van der Waals surface area contributed by atoms with Crippen molar-refractivity contribution < 1.29 is 18.7 Å². The van der Waals surface area contributed by atoms with Crippen LogP contribution in [0.1, 0.15) is 22.8 Å². The highest BCUT2D eigenvalue weighted by molar-refractivity contribution is 6.01. The number of hydrazone groups is 1. The Labute approximate surface area is 126 Å². The van der Waals surface area contributed by atoms with Crippen molar-refractivity contribution in [3.05, 3.63) is 59.4 Å². The van der Waals surface area contributed by atoms with Crippen molar-refractivity contribution >= 4 is 11.6 Å². The minimum absolute atomic E-state index is 0.0512. The van der Waals surface area contributed by atoms with Gasteiger partial charge in [0.05, 0.1) is 11.3 Å². The SMILES string of the molecule is C/C(=N/NC(=O)c1ccccc1F)c1ccc2c(c1)OCO2. The van der Waals surface area contributed by atoms with Crippen molar-refractivity contribution in [3.63, 3.8) is 0 Å². The number of carbonyl (C=O) groups excluding carboxylic acids is 1. The van der Waals surface area contributed by atoms with Gasteiger partial charge in [0.1, 0.15) is 5.82 Å². The fourth-order valence-electron chi connectivity index (χ4n) is 2.03. The van der Waals surface area contributed by atoms with Crippen LogP contribution in [0.5, 0.6) is 11.5 Å². The van der Waals surface area contributed by atoms with Crippen molar-refractivity contribution in [3.8, 4) is 11.5 Å². The number of amides is 1. The van der Waals surface area contributed by atoms with Gasteiger partial charge in [-0.15, -0.1) is 0 Å². The Morgan fingerprint density at radius 1 is 1.18 bits per heavy atom. The second kappa shape index (κ2) is 5.85. The Hall–Kier alpha value is -2.89. The number of nitrogens with one attached hydrogen (secondary N) is 1. The van der Waals surface area contributed by atoms with Crippen LogP contribution in [0.2, 0.25) is 0 Å². The van der Waals surface area contributed by atoms with Crippen LogP contribution in [0, 0.1) is 5.82 Å². The molecule has 0 aliphatic carbocycles. The fourth-order valence-corrected chi connectivity index (χ4v) is 2.03. The molecule has 0 fully saturated rings. The van der Waals surface area contributed by atoms with E-state index >= 15 is 0 Å². The van der Waals surface area contributed by atoms with Crippen LogP contribution in [-0.4, -0.2) is 18.4 Å². The molecule has 5 nitrogen and oxygen atoms in total. The predicted molar refractivity (Wildman–Crippen MR) is 78.6 cm³/mol. The molecule has 3 rings (SSSR count). The van der Waals surface area contributed by atoms with E-state index in [1.54, 1.807) is 25.1 Å². The van der Waals surface area contributed by atoms with E-state index in [1.165, 1.54) is 18.2 Å². The third-order valence-corrected chi connectivity index (χ3v) is 3.23. The topological polar surface area (TPSA) is 59.9 Å². The maximum atomic E-state index is 13.5. The van der Waals surface area contributed by atoms with Crippen LogP contribution >= 0.6 is 0 Å². The van der Waals surface area contributed by atoms with Crippen molar-refractivity contribution in [2.24, 2.45) is 5.10 Å². The summed E-state index contributed by atoms with van der Waals surface area (Å²) in [6, 6.07) is 11.1. The van der Waals surface area contributed by atoms with Gasteiger partial charge in [0.25, 0.3) is 5.91 Å². The number of halogens is 1. The molecule has 0 unspecified atom stereocenters. The molecule has 0 saturated heterocycles. The molecule has 1 heterocycles. The number of rotatable bonds is 3. The maximum absolute atomic E-state index is 13.5. The van der Waals surface area contributed by atoms with Crippen LogP contribution in [-0.2, 0) is 0 Å². The monoisotopic (exact) mass is 300 g/mol. The number of benzene rings is 2. The molecule has 0 aromatic heterocycles. The largest absolute Gasteiger partial charge is 0.454 e. The number of hydrogen-bond donors (Lipinski definition) is 1. The lowest BCUT2D eigenvalue weighted by Crippen LogP contribution is -2.20. The Morgan fingerprint density at radius 2 is 1.95 bits per heavy atom. The zero-order valence-electron chi connectivity index (χ0n) is 11.8. The van der Waals surface area contributed by atoms with Gasteiger partial charge in [-0.3, -0.25) is 4.79 Å². The normalized spacial score (nSPS) is 13.1. The van der Waals surface area contributed by atoms with Gasteiger partial charge in [0.2, 0.25) is 6.79 Å². The molecule has 1 aliphatic rings. The second-order valence-electron chi connectivity index (χ2n) is 4.69. The quantitative estimate of drug-likeness (QED) is 0.700. The average Bonchev–Trinajstić information content (AvgIpc) is 3.00. The summed E-state index contributed by atoms with van der Waals surface area (Å²) >= 11 is 0. The Balaban J connectivity index is 1.75. The van der Waals surface area contributed by atoms with Crippen molar-refractivity contribution in [2.75, 3.05) is 6.79 Å². The van der Waals surface area contributed by atoms with Crippen molar-refractivity contribution in [2.45, 2.75) is 6.92 Å². The zero-order valence-corrected chi connectivity index (χ0v) is 11.8. The third-order valence-electron chi connectivity index (χ3n) is 3.23. The van der Waals surface area contributed by atoms with E-state index < -0.39 is 11.7 Å². The molecule has 2 aromatic rings. The highest BCUT2D eigenvalue weighted by atomic mass is 19.1. The summed E-state index contributed by atoms with van der Waals surface area (Å²) in [6.45, 7) is 1.93. The first-order valence-corrected chi connectivity index (χ1v) is 6.64. The third kappa shape index (κ3) is 2.76. The van der Waals surface area contributed by atoms with Crippen LogP contribution in [0.25, 0.3) is 0 Å². The second-order valence-corrected chi connectivity index (χ2v) is 4.69. The number of hydrogen-bond acceptors (Lipinski definition) is 4. The summed E-state index contributed by atoms with van der Waals surface area (Å²) in [4.78, 5) is 11.9. The van der Waals surface area contributed by atoms with Crippen LogP contribution in [0.15, 0.2) is 47.6 Å². The Bertz CT molecular complexity index is 759. The van der Waals surface area contributed by atoms with Crippen LogP contribution in [0.4, 0.5) is 4.39 Å². The first-order chi connectivity index (χ1) is 10.6. The van der Waals surface area contributed by atoms with E-state index in [4.69, 9.17) is 9.47 Å². The first-order valence-electron chi connectivity index (χ1n) is 6.64. The van der Waals surface area contributed by atoms with Gasteiger partial charge < -0.3 is 9.47 Å². The molecule has 1 aliphatic heterocycles. The van der Waals surface area contributed by atoms with Gasteiger partial charge in [0, 0.05) is 5.56 Å². The molecule has 112 valence electrons. The lowest BCUT2D eigenvalue weighted by Gasteiger charge is -2.05. The standard InChI is InChI=1S/C16H13FN2O3/c1-10(11-6-7-14-15(8-11)22-9-21-14)18-19-16(20)12-4-2-3-5-13(12)17/h2-8H,9H2,1H3,(H,19,20)/b18-10-. The van der Waals surface area contributed by atoms with E-state index in [-0.39, 0.29) is 12.4 Å². The van der Waals surface area contributed by atoms with Crippen molar-refractivity contribution in [1.82, 2.24) is 5.43 Å². The molecule has 0 bridgehead atoms. The highest BCUT2D eigenvalue weighted by Gasteiger charge is 2.14. The molecule has 2 aromatic carbocycles. The number of ether oxygens (including phenoxy) is 2. The van der Waals surface area contributed by atoms with Crippen LogP contribution in [0.3, 0.4) is 0 Å². The summed E-state index contributed by atoms with van der Waals surface area (Å²) in [7, 11) is 0. The summed E-state index contributed by atoms with van der Waals surface area (Å²) in [5.41, 5.74) is 3.64. The van der Waals surface area contributed by atoms with E-state index in [1.807, 2.05) is 6.07 Å². The van der Waals surface area contributed by atoms with Gasteiger partial charge >= 0.3 is 0 Å². The van der Waals surface area contributed by atoms with Gasteiger partial charge in [-0.25, -0.2) is 9.82 Å². The first kappa shape index (κ1) is 14.1. The van der Waals surface area contributed by atoms with E-state index in [9.17, 15) is 9.18 Å². The summed E-state index contributed by atoms with van der Waals surface area (Å²) in [5, 5.41) is 3.99. The highest BCUT2D eigenvalue weighted by Crippen LogP contribution is 2.32. The number of fused-ring (bicyclic) bond motifs is 1. The average molecular weight is 300 g/mol. The lowest BCUT2D eigenvalue weighted by molar-refractivity contribution is 0.0951. The Morgan fingerprint density at radius 3 is 2.77 bits per heavy atom. The van der Waals surface area contributed by atoms with Gasteiger partial charge in [0.15, 0.2) is 11.5 Å². The molecular weight excluding hydrogens is 287 g/mol. The maximum Gasteiger partial charge on any atom is 0.274 e. The van der Waals surface area contributed by atoms with Crippen molar-refractivity contribution in [1.29, 1.82) is 0 Å². The molecule has 1 N–H and O–H groups in total. The summed E-state index contributed by atoms with van der Waals surface area (Å²) < 4.78 is 24.0. The summed E-state index contributed by atoms with van der Waals surface area (Å²) in [5.74, 6) is 0.119. The van der Waals surface area contributed by atoms with Gasteiger partial charge in [-0.05, 0) is 37.3 Å². The molecule has 0 spiro atoms. The van der Waals surface area contributed by atoms with Gasteiger partial charge in [-0.2, -0.15) is 5.10 Å². The fraction of sp³-hybridized carbons (Fsp3) is 0.125.